The first-order valence-corrected chi connectivity index (χ1v) is 5.17. The van der Waals surface area contributed by atoms with Crippen LogP contribution in [0, 0.1) is 11.3 Å². The van der Waals surface area contributed by atoms with Gasteiger partial charge < -0.3 is 10.4 Å². The van der Waals surface area contributed by atoms with Crippen LogP contribution in [-0.4, -0.2) is 25.7 Å². The number of anilines is 1. The molecule has 0 atom stereocenters. The zero-order valence-electron chi connectivity index (χ0n) is 8.92. The molecule has 1 aromatic carbocycles. The van der Waals surface area contributed by atoms with Crippen molar-refractivity contribution in [3.63, 3.8) is 0 Å². The Morgan fingerprint density at radius 2 is 2.39 bits per heavy atom. The average molecular weight is 263 g/mol. The molecule has 0 radical (unpaired) electrons. The van der Waals surface area contributed by atoms with Gasteiger partial charge in [0.15, 0.2) is 0 Å². The van der Waals surface area contributed by atoms with Gasteiger partial charge in [0.05, 0.1) is 5.02 Å². The molecule has 0 aliphatic rings. The molecule has 0 unspecified atom stereocenters. The summed E-state index contributed by atoms with van der Waals surface area (Å²) in [4.78, 5) is 0. The SMILES string of the molecule is N#CC(=CNc1ccc(O)c(Cl)c1)c1nn[nH]n1. The third-order valence-corrected chi connectivity index (χ3v) is 2.34. The summed E-state index contributed by atoms with van der Waals surface area (Å²) >= 11 is 5.75. The van der Waals surface area contributed by atoms with Crippen LogP contribution < -0.4 is 5.32 Å². The summed E-state index contributed by atoms with van der Waals surface area (Å²) < 4.78 is 0. The van der Waals surface area contributed by atoms with E-state index in [1.807, 2.05) is 6.07 Å². The lowest BCUT2D eigenvalue weighted by molar-refractivity contribution is 0.475. The number of aromatic hydroxyl groups is 1. The average Bonchev–Trinajstić information content (AvgIpc) is 2.88. The molecule has 0 aliphatic carbocycles. The topological polar surface area (TPSA) is 111 Å². The molecule has 0 saturated carbocycles. The fourth-order valence-corrected chi connectivity index (χ4v) is 1.36. The van der Waals surface area contributed by atoms with E-state index in [0.29, 0.717) is 5.69 Å². The van der Waals surface area contributed by atoms with E-state index >= 15 is 0 Å². The lowest BCUT2D eigenvalue weighted by Crippen LogP contribution is -1.92. The van der Waals surface area contributed by atoms with Crippen molar-refractivity contribution in [1.29, 1.82) is 5.26 Å². The number of nitrogens with one attached hydrogen (secondary N) is 2. The number of phenolic OH excluding ortho intramolecular Hbond substituents is 1. The first kappa shape index (κ1) is 11.9. The molecule has 3 N–H and O–H groups in total. The highest BCUT2D eigenvalue weighted by molar-refractivity contribution is 6.32. The van der Waals surface area contributed by atoms with Gasteiger partial charge in [0.1, 0.15) is 17.4 Å². The minimum Gasteiger partial charge on any atom is -0.506 e. The van der Waals surface area contributed by atoms with E-state index in [1.165, 1.54) is 18.3 Å². The van der Waals surface area contributed by atoms with Crippen LogP contribution in [0.1, 0.15) is 5.82 Å². The molecule has 0 amide bonds. The quantitative estimate of drug-likeness (QED) is 0.571. The molecule has 0 saturated heterocycles. The van der Waals surface area contributed by atoms with Crippen molar-refractivity contribution < 1.29 is 5.11 Å². The van der Waals surface area contributed by atoms with Gasteiger partial charge in [0.25, 0.3) is 0 Å². The Labute approximate surface area is 107 Å². The molecule has 7 nitrogen and oxygen atoms in total. The molecule has 0 spiro atoms. The second-order valence-electron chi connectivity index (χ2n) is 3.22. The Kier molecular flexibility index (Phi) is 3.41. The van der Waals surface area contributed by atoms with E-state index in [4.69, 9.17) is 16.9 Å². The fraction of sp³-hybridized carbons (Fsp3) is 0. The van der Waals surface area contributed by atoms with Crippen LogP contribution in [0.4, 0.5) is 5.69 Å². The van der Waals surface area contributed by atoms with Crippen molar-refractivity contribution in [2.24, 2.45) is 0 Å². The predicted octanol–water partition coefficient (Wildman–Crippen LogP) is 1.54. The molecular formula is C10H7ClN6O. The number of benzene rings is 1. The van der Waals surface area contributed by atoms with Crippen LogP contribution in [-0.2, 0) is 0 Å². The summed E-state index contributed by atoms with van der Waals surface area (Å²) in [7, 11) is 0. The number of H-pyrrole nitrogens is 1. The van der Waals surface area contributed by atoms with Crippen LogP contribution in [0.15, 0.2) is 24.4 Å². The third-order valence-electron chi connectivity index (χ3n) is 2.04. The lowest BCUT2D eigenvalue weighted by atomic mass is 10.3. The molecule has 1 heterocycles. The monoisotopic (exact) mass is 262 g/mol. The zero-order chi connectivity index (χ0) is 13.0. The summed E-state index contributed by atoms with van der Waals surface area (Å²) in [5.41, 5.74) is 0.835. The van der Waals surface area contributed by atoms with Crippen molar-refractivity contribution in [2.45, 2.75) is 0 Å². The van der Waals surface area contributed by atoms with Crippen molar-refractivity contribution in [3.8, 4) is 11.8 Å². The Bertz CT molecular complexity index is 616. The maximum Gasteiger partial charge on any atom is 0.216 e. The van der Waals surface area contributed by atoms with Crippen molar-refractivity contribution >= 4 is 22.9 Å². The minimum absolute atomic E-state index is 0.00938. The van der Waals surface area contributed by atoms with Crippen LogP contribution in [0.3, 0.4) is 0 Å². The smallest absolute Gasteiger partial charge is 0.216 e. The number of hydrogen-bond donors (Lipinski definition) is 3. The molecular weight excluding hydrogens is 256 g/mol. The minimum atomic E-state index is -0.00938. The van der Waals surface area contributed by atoms with Gasteiger partial charge in [0.2, 0.25) is 5.82 Å². The number of nitrogens with zero attached hydrogens (tertiary/aromatic N) is 4. The van der Waals surface area contributed by atoms with E-state index in [0.717, 1.165) is 0 Å². The lowest BCUT2D eigenvalue weighted by Gasteiger charge is -2.02. The van der Waals surface area contributed by atoms with E-state index in [-0.39, 0.29) is 22.2 Å². The van der Waals surface area contributed by atoms with Crippen molar-refractivity contribution in [1.82, 2.24) is 20.6 Å². The number of halogens is 1. The Balaban J connectivity index is 2.19. The zero-order valence-corrected chi connectivity index (χ0v) is 9.68. The number of aromatic amines is 1. The number of nitriles is 1. The van der Waals surface area contributed by atoms with Gasteiger partial charge in [-0.2, -0.15) is 10.5 Å². The largest absolute Gasteiger partial charge is 0.506 e. The Morgan fingerprint density at radius 1 is 1.56 bits per heavy atom. The molecule has 18 heavy (non-hydrogen) atoms. The number of rotatable bonds is 3. The first-order valence-electron chi connectivity index (χ1n) is 4.80. The number of phenols is 1. The van der Waals surface area contributed by atoms with Crippen molar-refractivity contribution in [2.75, 3.05) is 5.32 Å². The highest BCUT2D eigenvalue weighted by atomic mass is 35.5. The van der Waals surface area contributed by atoms with Gasteiger partial charge >= 0.3 is 0 Å². The number of allylic oxidation sites excluding steroid dienone is 1. The van der Waals surface area contributed by atoms with Gasteiger partial charge in [-0.15, -0.1) is 10.2 Å². The van der Waals surface area contributed by atoms with E-state index in [1.54, 1.807) is 6.07 Å². The van der Waals surface area contributed by atoms with Crippen LogP contribution in [0.5, 0.6) is 5.75 Å². The van der Waals surface area contributed by atoms with Gasteiger partial charge in [-0.25, -0.2) is 0 Å². The molecule has 1 aromatic heterocycles. The normalized spacial score (nSPS) is 11.0. The standard InChI is InChI=1S/C10H7ClN6O/c11-8-3-7(1-2-9(8)18)13-5-6(4-12)10-14-16-17-15-10/h1-3,5,13,18H,(H,14,15,16,17). The maximum absolute atomic E-state index is 9.26. The summed E-state index contributed by atoms with van der Waals surface area (Å²) in [6.45, 7) is 0. The van der Waals surface area contributed by atoms with Crippen LogP contribution in [0.25, 0.3) is 5.57 Å². The number of hydrogen-bond acceptors (Lipinski definition) is 6. The second kappa shape index (κ2) is 5.16. The van der Waals surface area contributed by atoms with Crippen LogP contribution in [0.2, 0.25) is 5.02 Å². The first-order chi connectivity index (χ1) is 8.70. The Morgan fingerprint density at radius 3 is 3.00 bits per heavy atom. The van der Waals surface area contributed by atoms with E-state index in [9.17, 15) is 5.11 Å². The molecule has 2 aromatic rings. The van der Waals surface area contributed by atoms with E-state index < -0.39 is 0 Å². The fourth-order valence-electron chi connectivity index (χ4n) is 1.17. The summed E-state index contributed by atoms with van der Waals surface area (Å²) in [5.74, 6) is 0.180. The highest BCUT2D eigenvalue weighted by Gasteiger charge is 2.05. The Hall–Kier alpha value is -2.59. The third kappa shape index (κ3) is 2.56. The molecule has 0 aliphatic heterocycles. The summed E-state index contributed by atoms with van der Waals surface area (Å²) in [5, 5.41) is 34.2. The van der Waals surface area contributed by atoms with Gasteiger partial charge in [-0.05, 0) is 23.4 Å². The number of aromatic nitrogens is 4. The molecule has 8 heteroatoms. The van der Waals surface area contributed by atoms with Crippen LogP contribution >= 0.6 is 11.6 Å². The summed E-state index contributed by atoms with van der Waals surface area (Å²) in [6.07, 6.45) is 1.42. The van der Waals surface area contributed by atoms with Gasteiger partial charge in [-0.1, -0.05) is 11.6 Å². The summed E-state index contributed by atoms with van der Waals surface area (Å²) in [6, 6.07) is 6.52. The molecule has 90 valence electrons. The van der Waals surface area contributed by atoms with Gasteiger partial charge in [0, 0.05) is 11.9 Å². The van der Waals surface area contributed by atoms with Crippen molar-refractivity contribution in [3.05, 3.63) is 35.2 Å². The molecule has 2 rings (SSSR count). The van der Waals surface area contributed by atoms with E-state index in [2.05, 4.69) is 25.9 Å². The second-order valence-corrected chi connectivity index (χ2v) is 3.62. The van der Waals surface area contributed by atoms with Gasteiger partial charge in [-0.3, -0.25) is 0 Å². The predicted molar refractivity (Wildman–Crippen MR) is 64.5 cm³/mol. The number of tetrazole rings is 1. The highest BCUT2D eigenvalue weighted by Crippen LogP contribution is 2.26. The molecule has 0 fully saturated rings. The maximum atomic E-state index is 9.26. The molecule has 0 bridgehead atoms.